The molecule has 0 N–H and O–H groups in total. The van der Waals surface area contributed by atoms with E-state index in [0.29, 0.717) is 37.9 Å². The second kappa shape index (κ2) is 10.4. The zero-order valence-electron chi connectivity index (χ0n) is 21.7. The average Bonchev–Trinajstić information content (AvgIpc) is 3.52. The first-order valence-electron chi connectivity index (χ1n) is 13.3. The Morgan fingerprint density at radius 1 is 0.975 bits per heavy atom. The van der Waals surface area contributed by atoms with E-state index in [0.717, 1.165) is 11.8 Å². The Morgan fingerprint density at radius 2 is 1.68 bits per heavy atom. The van der Waals surface area contributed by atoms with E-state index in [-0.39, 0.29) is 30.2 Å². The molecule has 1 amide bonds. The van der Waals surface area contributed by atoms with Crippen molar-refractivity contribution in [1.29, 1.82) is 0 Å². The number of halogens is 7. The molecule has 0 saturated carbocycles. The highest BCUT2D eigenvalue weighted by Crippen LogP contribution is 2.47. The van der Waals surface area contributed by atoms with Crippen molar-refractivity contribution in [3.05, 3.63) is 70.7 Å². The van der Waals surface area contributed by atoms with Crippen molar-refractivity contribution in [2.75, 3.05) is 19.6 Å². The summed E-state index contributed by atoms with van der Waals surface area (Å²) in [7, 11) is 0. The molecule has 40 heavy (non-hydrogen) atoms. The molecule has 1 aromatic rings. The third-order valence-electron chi connectivity index (χ3n) is 8.73. The molecule has 4 nitrogen and oxygen atoms in total. The van der Waals surface area contributed by atoms with Crippen molar-refractivity contribution < 1.29 is 40.3 Å². The van der Waals surface area contributed by atoms with Gasteiger partial charge in [0.25, 0.3) is 0 Å². The molecule has 2 saturated heterocycles. The van der Waals surface area contributed by atoms with Gasteiger partial charge in [0.15, 0.2) is 5.78 Å². The zero-order valence-corrected chi connectivity index (χ0v) is 21.7. The summed E-state index contributed by atoms with van der Waals surface area (Å²) in [6.07, 6.45) is -6.52. The molecule has 5 rings (SSSR count). The van der Waals surface area contributed by atoms with Crippen LogP contribution in [0.25, 0.3) is 0 Å². The van der Waals surface area contributed by atoms with Gasteiger partial charge in [-0.3, -0.25) is 9.59 Å². The zero-order chi connectivity index (χ0) is 29.0. The lowest BCUT2D eigenvalue weighted by atomic mass is 9.77. The molecule has 2 aliphatic carbocycles. The van der Waals surface area contributed by atoms with Crippen molar-refractivity contribution >= 4 is 11.7 Å². The third-order valence-corrected chi connectivity index (χ3v) is 8.73. The second-order valence-electron chi connectivity index (χ2n) is 11.2. The molecular weight excluding hydrogens is 541 g/mol. The maximum absolute atomic E-state index is 13.9. The van der Waals surface area contributed by atoms with Gasteiger partial charge in [0.1, 0.15) is 5.82 Å². The molecule has 1 aromatic carbocycles. The SMILES string of the molecule is CC(C(=O)N1CCC2CN(C3=CC(=O)CC3)CC2[C@@H]1c1ccc(F)cc1)C1C=C(C(F)(F)F)C=C(C(F)(F)F)C1. The number of amides is 1. The van der Waals surface area contributed by atoms with Crippen LogP contribution in [0.2, 0.25) is 0 Å². The number of alkyl halides is 6. The number of hydrogen-bond acceptors (Lipinski definition) is 3. The first-order valence-corrected chi connectivity index (χ1v) is 13.3. The molecule has 2 aliphatic heterocycles. The number of rotatable bonds is 4. The van der Waals surface area contributed by atoms with Gasteiger partial charge in [-0.1, -0.05) is 25.1 Å². The van der Waals surface area contributed by atoms with Crippen LogP contribution in [0, 0.1) is 29.5 Å². The molecular formula is C29H29F7N2O2. The smallest absolute Gasteiger partial charge is 0.374 e. The molecule has 2 fully saturated rings. The lowest BCUT2D eigenvalue weighted by Crippen LogP contribution is -2.49. The van der Waals surface area contributed by atoms with Crippen molar-refractivity contribution in [2.45, 2.75) is 51.0 Å². The molecule has 0 bridgehead atoms. The van der Waals surface area contributed by atoms with E-state index < -0.39 is 59.5 Å². The molecule has 4 aliphatic rings. The van der Waals surface area contributed by atoms with Crippen molar-refractivity contribution in [2.24, 2.45) is 23.7 Å². The van der Waals surface area contributed by atoms with E-state index in [1.54, 1.807) is 23.1 Å². The predicted molar refractivity (Wildman–Crippen MR) is 132 cm³/mol. The summed E-state index contributed by atoms with van der Waals surface area (Å²) in [5.74, 6) is -3.36. The van der Waals surface area contributed by atoms with Gasteiger partial charge in [0, 0.05) is 55.2 Å². The Hall–Kier alpha value is -3.11. The topological polar surface area (TPSA) is 40.6 Å². The molecule has 11 heteroatoms. The highest BCUT2D eigenvalue weighted by Gasteiger charge is 2.49. The predicted octanol–water partition coefficient (Wildman–Crippen LogP) is 6.53. The fourth-order valence-electron chi connectivity index (χ4n) is 6.61. The van der Waals surface area contributed by atoms with Gasteiger partial charge in [0.2, 0.25) is 5.91 Å². The number of ketones is 1. The molecule has 216 valence electrons. The normalized spacial score (nSPS) is 28.2. The number of allylic oxidation sites excluding steroid dienone is 6. The molecule has 0 radical (unpaired) electrons. The van der Waals surface area contributed by atoms with Gasteiger partial charge in [-0.15, -0.1) is 0 Å². The number of piperidine rings is 1. The van der Waals surface area contributed by atoms with E-state index in [4.69, 9.17) is 0 Å². The van der Waals surface area contributed by atoms with Crippen molar-refractivity contribution in [1.82, 2.24) is 9.80 Å². The summed E-state index contributed by atoms with van der Waals surface area (Å²) in [6.45, 7) is 2.86. The van der Waals surface area contributed by atoms with E-state index >= 15 is 0 Å². The summed E-state index contributed by atoms with van der Waals surface area (Å²) < 4.78 is 94.9. The van der Waals surface area contributed by atoms with Crippen LogP contribution in [-0.2, 0) is 9.59 Å². The number of likely N-dealkylation sites (tertiary alicyclic amines) is 2. The van der Waals surface area contributed by atoms with Crippen LogP contribution < -0.4 is 0 Å². The van der Waals surface area contributed by atoms with Crippen LogP contribution in [0.5, 0.6) is 0 Å². The van der Waals surface area contributed by atoms with Crippen LogP contribution in [0.1, 0.15) is 44.2 Å². The van der Waals surface area contributed by atoms with Crippen LogP contribution in [-0.4, -0.2) is 53.5 Å². The molecule has 0 spiro atoms. The number of carbonyl (C=O) groups excluding carboxylic acids is 2. The highest BCUT2D eigenvalue weighted by atomic mass is 19.4. The van der Waals surface area contributed by atoms with Gasteiger partial charge in [-0.25, -0.2) is 4.39 Å². The Bertz CT molecular complexity index is 1260. The summed E-state index contributed by atoms with van der Waals surface area (Å²) in [5, 5.41) is 0. The van der Waals surface area contributed by atoms with E-state index in [1.165, 1.54) is 19.1 Å². The lowest BCUT2D eigenvalue weighted by molar-refractivity contribution is -0.143. The van der Waals surface area contributed by atoms with E-state index in [9.17, 15) is 40.3 Å². The summed E-state index contributed by atoms with van der Waals surface area (Å²) in [4.78, 5) is 29.4. The summed E-state index contributed by atoms with van der Waals surface area (Å²) >= 11 is 0. The summed E-state index contributed by atoms with van der Waals surface area (Å²) in [6, 6.07) is 5.15. The molecule has 2 heterocycles. The van der Waals surface area contributed by atoms with Crippen LogP contribution in [0.3, 0.4) is 0 Å². The van der Waals surface area contributed by atoms with Gasteiger partial charge in [-0.2, -0.15) is 26.3 Å². The highest BCUT2D eigenvalue weighted by molar-refractivity contribution is 5.92. The standard InChI is InChI=1S/C29H29F7N2O2/c1-16(19-10-20(28(31,32)33)12-21(11-19)29(34,35)36)27(40)38-9-8-18-14-37(23-6-7-24(39)13-23)15-25(18)26(38)17-2-4-22(30)5-3-17/h2-5,10,12-13,16,18-19,25-26H,6-9,11,14-15H2,1H3/t16?,18?,19?,25?,26-/m0/s1. The van der Waals surface area contributed by atoms with E-state index in [2.05, 4.69) is 4.90 Å². The van der Waals surface area contributed by atoms with Gasteiger partial charge in [-0.05, 0) is 54.9 Å². The Kier molecular flexibility index (Phi) is 7.37. The minimum Gasteiger partial charge on any atom is -0.374 e. The van der Waals surface area contributed by atoms with Crippen LogP contribution in [0.4, 0.5) is 30.7 Å². The maximum atomic E-state index is 13.9. The van der Waals surface area contributed by atoms with Gasteiger partial charge in [0.05, 0.1) is 11.6 Å². The molecule has 4 unspecified atom stereocenters. The third kappa shape index (κ3) is 5.56. The quantitative estimate of drug-likeness (QED) is 0.387. The Labute approximate surface area is 227 Å². The minimum atomic E-state index is -4.99. The van der Waals surface area contributed by atoms with E-state index in [1.807, 2.05) is 0 Å². The second-order valence-corrected chi connectivity index (χ2v) is 11.2. The Balaban J connectivity index is 1.45. The van der Waals surface area contributed by atoms with Crippen molar-refractivity contribution in [3.8, 4) is 0 Å². The monoisotopic (exact) mass is 570 g/mol. The Morgan fingerprint density at radius 3 is 2.27 bits per heavy atom. The van der Waals surface area contributed by atoms with Crippen LogP contribution in [0.15, 0.2) is 59.3 Å². The summed E-state index contributed by atoms with van der Waals surface area (Å²) in [5.41, 5.74) is -1.13. The number of nitrogens with zero attached hydrogens (tertiary/aromatic N) is 2. The number of benzene rings is 1. The minimum absolute atomic E-state index is 0.0524. The molecule has 0 aromatic heterocycles. The fourth-order valence-corrected chi connectivity index (χ4v) is 6.61. The number of carbonyl (C=O) groups is 2. The molecule has 5 atom stereocenters. The first kappa shape index (κ1) is 28.4. The lowest BCUT2D eigenvalue weighted by Gasteiger charge is -2.44. The first-order chi connectivity index (χ1) is 18.7. The number of fused-ring (bicyclic) bond motifs is 1. The largest absolute Gasteiger partial charge is 0.416 e. The maximum Gasteiger partial charge on any atom is 0.416 e. The average molecular weight is 571 g/mol. The van der Waals surface area contributed by atoms with Gasteiger partial charge < -0.3 is 9.80 Å². The van der Waals surface area contributed by atoms with Gasteiger partial charge >= 0.3 is 12.4 Å². The van der Waals surface area contributed by atoms with Crippen LogP contribution >= 0.6 is 0 Å². The fraction of sp³-hybridized carbons (Fsp3) is 0.517. The van der Waals surface area contributed by atoms with Crippen molar-refractivity contribution in [3.63, 3.8) is 0 Å². The number of hydrogen-bond donors (Lipinski definition) is 0.